The molecule has 0 atom stereocenters. The molecule has 1 aromatic rings. The number of anilines is 1. The van der Waals surface area contributed by atoms with Gasteiger partial charge >= 0.3 is 0 Å². The summed E-state index contributed by atoms with van der Waals surface area (Å²) < 4.78 is 5.96. The smallest absolute Gasteiger partial charge is 0.270 e. The van der Waals surface area contributed by atoms with Gasteiger partial charge in [0.1, 0.15) is 5.75 Å². The minimum Gasteiger partial charge on any atom is -0.476 e. The molecule has 1 aromatic carbocycles. The Hall–Kier alpha value is -1.51. The van der Waals surface area contributed by atoms with Gasteiger partial charge in [-0.2, -0.15) is 0 Å². The summed E-state index contributed by atoms with van der Waals surface area (Å²) in [6.07, 6.45) is 0. The first-order valence-electron chi connectivity index (χ1n) is 6.26. The quantitative estimate of drug-likeness (QED) is 0.705. The zero-order valence-electron chi connectivity index (χ0n) is 12.3. The van der Waals surface area contributed by atoms with Gasteiger partial charge in [0.2, 0.25) is 0 Å². The average molecular weight is 247 g/mol. The number of nitrogens with zero attached hydrogens (tertiary/aromatic N) is 1. The highest BCUT2D eigenvalue weighted by molar-refractivity contribution is 6.03. The number of carbonyl (C=O) groups is 1. The largest absolute Gasteiger partial charge is 0.476 e. The zero-order valence-corrected chi connectivity index (χ0v) is 12.3. The molecule has 0 saturated carbocycles. The molecule has 0 spiro atoms. The maximum absolute atomic E-state index is 12.3. The SMILES string of the molecule is Cc1c(C)c(C)c2c(c1C)OC(C)(C)C(=O)N2C. The number of hydrogen-bond donors (Lipinski definition) is 0. The molecule has 98 valence electrons. The lowest BCUT2D eigenvalue weighted by atomic mass is 9.93. The van der Waals surface area contributed by atoms with Gasteiger partial charge in [-0.25, -0.2) is 0 Å². The number of likely N-dealkylation sites (N-methyl/N-ethyl adjacent to an activating group) is 1. The Morgan fingerprint density at radius 1 is 0.944 bits per heavy atom. The summed E-state index contributed by atoms with van der Waals surface area (Å²) in [4.78, 5) is 14.0. The summed E-state index contributed by atoms with van der Waals surface area (Å²) in [6, 6.07) is 0. The second kappa shape index (κ2) is 3.74. The Bertz CT molecular complexity index is 544. The second-order valence-electron chi connectivity index (χ2n) is 5.65. The van der Waals surface area contributed by atoms with E-state index >= 15 is 0 Å². The second-order valence-corrected chi connectivity index (χ2v) is 5.65. The van der Waals surface area contributed by atoms with E-state index in [4.69, 9.17) is 4.74 Å². The molecule has 18 heavy (non-hydrogen) atoms. The van der Waals surface area contributed by atoms with Crippen LogP contribution in [-0.2, 0) is 4.79 Å². The van der Waals surface area contributed by atoms with Gasteiger partial charge in [0.25, 0.3) is 5.91 Å². The molecular weight excluding hydrogens is 226 g/mol. The number of amides is 1. The van der Waals surface area contributed by atoms with E-state index in [1.165, 1.54) is 11.1 Å². The summed E-state index contributed by atoms with van der Waals surface area (Å²) in [7, 11) is 1.83. The van der Waals surface area contributed by atoms with Crippen molar-refractivity contribution in [1.82, 2.24) is 0 Å². The van der Waals surface area contributed by atoms with E-state index in [-0.39, 0.29) is 5.91 Å². The highest BCUT2D eigenvalue weighted by Crippen LogP contribution is 2.44. The van der Waals surface area contributed by atoms with Crippen molar-refractivity contribution in [2.75, 3.05) is 11.9 Å². The standard InChI is InChI=1S/C15H21NO2/c1-8-9(2)11(4)13-12(10(8)3)16(7)14(17)15(5,6)18-13/h1-7H3. The molecule has 1 amide bonds. The lowest BCUT2D eigenvalue weighted by Gasteiger charge is -2.39. The fraction of sp³-hybridized carbons (Fsp3) is 0.533. The number of rotatable bonds is 0. The topological polar surface area (TPSA) is 29.5 Å². The van der Waals surface area contributed by atoms with Gasteiger partial charge in [-0.3, -0.25) is 4.79 Å². The average Bonchev–Trinajstić information content (AvgIpc) is 2.30. The summed E-state index contributed by atoms with van der Waals surface area (Å²) in [5.74, 6) is 0.850. The number of carbonyl (C=O) groups excluding carboxylic acids is 1. The minimum absolute atomic E-state index is 0.000697. The molecule has 3 heteroatoms. The van der Waals surface area contributed by atoms with Gasteiger partial charge in [-0.15, -0.1) is 0 Å². The third kappa shape index (κ3) is 1.53. The molecule has 0 aromatic heterocycles. The van der Waals surface area contributed by atoms with E-state index in [0.717, 1.165) is 22.6 Å². The van der Waals surface area contributed by atoms with Crippen molar-refractivity contribution < 1.29 is 9.53 Å². The molecule has 0 bridgehead atoms. The van der Waals surface area contributed by atoms with Gasteiger partial charge in [0, 0.05) is 7.05 Å². The Balaban J connectivity index is 2.80. The van der Waals surface area contributed by atoms with Crippen molar-refractivity contribution >= 4 is 11.6 Å². The monoisotopic (exact) mass is 247 g/mol. The fourth-order valence-corrected chi connectivity index (χ4v) is 2.59. The van der Waals surface area contributed by atoms with Crippen molar-refractivity contribution in [1.29, 1.82) is 0 Å². The molecule has 1 heterocycles. The van der Waals surface area contributed by atoms with Crippen molar-refractivity contribution in [3.05, 3.63) is 22.3 Å². The molecule has 0 saturated heterocycles. The highest BCUT2D eigenvalue weighted by Gasteiger charge is 2.41. The van der Waals surface area contributed by atoms with E-state index in [2.05, 4.69) is 20.8 Å². The highest BCUT2D eigenvalue weighted by atomic mass is 16.5. The van der Waals surface area contributed by atoms with Crippen LogP contribution in [0.4, 0.5) is 5.69 Å². The van der Waals surface area contributed by atoms with Gasteiger partial charge in [-0.1, -0.05) is 0 Å². The maximum atomic E-state index is 12.3. The van der Waals surface area contributed by atoms with Crippen LogP contribution >= 0.6 is 0 Å². The maximum Gasteiger partial charge on any atom is 0.270 e. The van der Waals surface area contributed by atoms with Crippen molar-refractivity contribution in [3.63, 3.8) is 0 Å². The number of ether oxygens (including phenoxy) is 1. The van der Waals surface area contributed by atoms with Crippen LogP contribution < -0.4 is 9.64 Å². The first-order chi connectivity index (χ1) is 8.18. The third-order valence-corrected chi connectivity index (χ3v) is 4.11. The fourth-order valence-electron chi connectivity index (χ4n) is 2.59. The van der Waals surface area contributed by atoms with Crippen LogP contribution in [0.25, 0.3) is 0 Å². The molecule has 1 aliphatic heterocycles. The zero-order chi connectivity index (χ0) is 13.8. The van der Waals surface area contributed by atoms with Crippen molar-refractivity contribution in [3.8, 4) is 5.75 Å². The van der Waals surface area contributed by atoms with Crippen LogP contribution in [0, 0.1) is 27.7 Å². The molecule has 0 N–H and O–H groups in total. The summed E-state index contributed by atoms with van der Waals surface area (Å²) in [5.41, 5.74) is 4.85. The van der Waals surface area contributed by atoms with Crippen LogP contribution in [0.15, 0.2) is 0 Å². The predicted octanol–water partition coefficient (Wildman–Crippen LogP) is 3.05. The number of benzene rings is 1. The van der Waals surface area contributed by atoms with Gasteiger partial charge in [0.15, 0.2) is 5.60 Å². The predicted molar refractivity (Wildman–Crippen MR) is 73.5 cm³/mol. The van der Waals surface area contributed by atoms with E-state index in [1.807, 2.05) is 27.8 Å². The van der Waals surface area contributed by atoms with Crippen molar-refractivity contribution in [2.45, 2.75) is 47.1 Å². The van der Waals surface area contributed by atoms with Crippen LogP contribution in [0.1, 0.15) is 36.1 Å². The number of fused-ring (bicyclic) bond motifs is 1. The van der Waals surface area contributed by atoms with E-state index < -0.39 is 5.60 Å². The summed E-state index contributed by atoms with van der Waals surface area (Å²) in [6.45, 7) is 11.9. The van der Waals surface area contributed by atoms with Gasteiger partial charge in [0.05, 0.1) is 5.69 Å². The van der Waals surface area contributed by atoms with Crippen LogP contribution in [-0.4, -0.2) is 18.6 Å². The molecule has 2 rings (SSSR count). The van der Waals surface area contributed by atoms with Crippen molar-refractivity contribution in [2.24, 2.45) is 0 Å². The Morgan fingerprint density at radius 2 is 1.44 bits per heavy atom. The van der Waals surface area contributed by atoms with Gasteiger partial charge in [-0.05, 0) is 63.8 Å². The van der Waals surface area contributed by atoms with E-state index in [9.17, 15) is 4.79 Å². The molecular formula is C15H21NO2. The Kier molecular flexibility index (Phi) is 2.69. The molecule has 0 unspecified atom stereocenters. The van der Waals surface area contributed by atoms with Crippen LogP contribution in [0.5, 0.6) is 5.75 Å². The van der Waals surface area contributed by atoms with Crippen LogP contribution in [0.3, 0.4) is 0 Å². The normalized spacial score (nSPS) is 17.5. The van der Waals surface area contributed by atoms with E-state index in [0.29, 0.717) is 0 Å². The Morgan fingerprint density at radius 3 is 2.00 bits per heavy atom. The molecule has 0 aliphatic carbocycles. The molecule has 0 fully saturated rings. The molecule has 3 nitrogen and oxygen atoms in total. The third-order valence-electron chi connectivity index (χ3n) is 4.11. The summed E-state index contributed by atoms with van der Waals surface area (Å²) >= 11 is 0. The lowest BCUT2D eigenvalue weighted by molar-refractivity contribution is -0.132. The first-order valence-corrected chi connectivity index (χ1v) is 6.26. The first kappa shape index (κ1) is 12.9. The van der Waals surface area contributed by atoms with Crippen LogP contribution in [0.2, 0.25) is 0 Å². The lowest BCUT2D eigenvalue weighted by Crippen LogP contribution is -2.51. The van der Waals surface area contributed by atoms with Gasteiger partial charge < -0.3 is 9.64 Å². The van der Waals surface area contributed by atoms with E-state index in [1.54, 1.807) is 4.90 Å². The molecule has 1 aliphatic rings. The molecule has 0 radical (unpaired) electrons. The Labute approximate surface area is 109 Å². The minimum atomic E-state index is -0.791. The number of hydrogen-bond acceptors (Lipinski definition) is 2. The summed E-state index contributed by atoms with van der Waals surface area (Å²) in [5, 5.41) is 0.